The average Bonchev–Trinajstić information content (AvgIpc) is 3.50. The minimum absolute atomic E-state index is 0.0406. The summed E-state index contributed by atoms with van der Waals surface area (Å²) in [5, 5.41) is 2.97. The van der Waals surface area contributed by atoms with Crippen LogP contribution in [0.15, 0.2) is 72.1 Å². The molecule has 2 saturated carbocycles. The summed E-state index contributed by atoms with van der Waals surface area (Å²) in [5.74, 6) is 0.853. The highest BCUT2D eigenvalue weighted by Crippen LogP contribution is 2.49. The van der Waals surface area contributed by atoms with Crippen molar-refractivity contribution >= 4 is 27.6 Å². The first kappa shape index (κ1) is 25.0. The zero-order valence-electron chi connectivity index (χ0n) is 19.9. The Morgan fingerprint density at radius 1 is 1.14 bits per heavy atom. The molecule has 186 valence electrons. The largest absolute Gasteiger partial charge is 0.452 e. The molecule has 8 heteroatoms. The second kappa shape index (κ2) is 10.6. The maximum absolute atomic E-state index is 13.3. The lowest BCUT2D eigenvalue weighted by Gasteiger charge is -2.28. The average molecular weight is 497 g/mol. The predicted molar refractivity (Wildman–Crippen MR) is 134 cm³/mol. The molecule has 2 aromatic carbocycles. The summed E-state index contributed by atoms with van der Waals surface area (Å²) in [7, 11) is -3.96. The second-order valence-corrected chi connectivity index (χ2v) is 11.3. The summed E-state index contributed by atoms with van der Waals surface area (Å²) < 4.78 is 33.1. The number of anilines is 1. The Balaban J connectivity index is 1.39. The van der Waals surface area contributed by atoms with Gasteiger partial charge in [0.25, 0.3) is 15.9 Å². The number of nitrogens with zero attached hydrogens (tertiary/aromatic N) is 1. The maximum atomic E-state index is 13.3. The van der Waals surface area contributed by atoms with Crippen LogP contribution in [0.1, 0.15) is 43.0 Å². The Labute approximate surface area is 207 Å². The lowest BCUT2D eigenvalue weighted by atomic mass is 9.84. The van der Waals surface area contributed by atoms with Crippen molar-refractivity contribution < 1.29 is 22.7 Å². The molecule has 2 aromatic rings. The van der Waals surface area contributed by atoms with Crippen LogP contribution in [-0.4, -0.2) is 39.5 Å². The molecule has 0 saturated heterocycles. The van der Waals surface area contributed by atoms with Crippen molar-refractivity contribution in [3.05, 3.63) is 72.8 Å². The van der Waals surface area contributed by atoms with Gasteiger partial charge in [0.2, 0.25) is 0 Å². The van der Waals surface area contributed by atoms with Gasteiger partial charge in [-0.1, -0.05) is 36.8 Å². The number of esters is 1. The van der Waals surface area contributed by atoms with E-state index in [1.807, 2.05) is 6.92 Å². The van der Waals surface area contributed by atoms with E-state index in [0.29, 0.717) is 17.5 Å². The van der Waals surface area contributed by atoms with Gasteiger partial charge in [-0.25, -0.2) is 13.2 Å². The van der Waals surface area contributed by atoms with Crippen LogP contribution in [0.2, 0.25) is 0 Å². The van der Waals surface area contributed by atoms with Crippen molar-refractivity contribution in [1.29, 1.82) is 0 Å². The Morgan fingerprint density at radius 2 is 1.91 bits per heavy atom. The van der Waals surface area contributed by atoms with E-state index in [1.165, 1.54) is 53.9 Å². The van der Waals surface area contributed by atoms with E-state index in [0.717, 1.165) is 12.3 Å². The molecule has 0 spiro atoms. The molecule has 7 nitrogen and oxygen atoms in total. The molecule has 35 heavy (non-hydrogen) atoms. The van der Waals surface area contributed by atoms with Gasteiger partial charge in [-0.3, -0.25) is 9.10 Å². The number of carbonyl (C=O) groups is 2. The van der Waals surface area contributed by atoms with Crippen LogP contribution in [0.5, 0.6) is 0 Å². The summed E-state index contributed by atoms with van der Waals surface area (Å²) in [6.45, 7) is 5.34. The lowest BCUT2D eigenvalue weighted by molar-refractivity contribution is -0.125. The number of nitrogens with one attached hydrogen (secondary N) is 1. The van der Waals surface area contributed by atoms with Crippen LogP contribution in [-0.2, 0) is 19.6 Å². The molecule has 0 aromatic heterocycles. The fourth-order valence-electron chi connectivity index (χ4n) is 5.49. The van der Waals surface area contributed by atoms with Crippen molar-refractivity contribution in [2.75, 3.05) is 17.5 Å². The molecule has 1 amide bonds. The highest BCUT2D eigenvalue weighted by Gasteiger charge is 2.42. The Kier molecular flexibility index (Phi) is 7.60. The van der Waals surface area contributed by atoms with Crippen LogP contribution in [0.4, 0.5) is 5.69 Å². The molecule has 2 fully saturated rings. The third-order valence-corrected chi connectivity index (χ3v) is 8.94. The van der Waals surface area contributed by atoms with Crippen molar-refractivity contribution in [3.8, 4) is 0 Å². The van der Waals surface area contributed by atoms with E-state index in [9.17, 15) is 18.0 Å². The lowest BCUT2D eigenvalue weighted by Crippen LogP contribution is -2.42. The van der Waals surface area contributed by atoms with Crippen molar-refractivity contribution in [1.82, 2.24) is 5.32 Å². The van der Waals surface area contributed by atoms with Gasteiger partial charge in [0.15, 0.2) is 6.61 Å². The minimum Gasteiger partial charge on any atom is -0.452 e. The summed E-state index contributed by atoms with van der Waals surface area (Å²) in [4.78, 5) is 25.0. The number of amides is 1. The zero-order chi connectivity index (χ0) is 25.0. The van der Waals surface area contributed by atoms with Gasteiger partial charge in [0.05, 0.1) is 22.7 Å². The number of rotatable bonds is 10. The number of hydrogen-bond acceptors (Lipinski definition) is 5. The topological polar surface area (TPSA) is 92.8 Å². The minimum atomic E-state index is -3.96. The van der Waals surface area contributed by atoms with E-state index in [-0.39, 0.29) is 29.0 Å². The number of benzene rings is 2. The fraction of sp³-hybridized carbons (Fsp3) is 0.407. The molecule has 0 radical (unpaired) electrons. The summed E-state index contributed by atoms with van der Waals surface area (Å²) >= 11 is 0. The molecule has 2 aliphatic carbocycles. The van der Waals surface area contributed by atoms with Crippen molar-refractivity contribution in [3.63, 3.8) is 0 Å². The quantitative estimate of drug-likeness (QED) is 0.394. The predicted octanol–water partition coefficient (Wildman–Crippen LogP) is 4.17. The first-order valence-electron chi connectivity index (χ1n) is 12.0. The highest BCUT2D eigenvalue weighted by atomic mass is 32.2. The third kappa shape index (κ3) is 5.59. The smallest absolute Gasteiger partial charge is 0.338 e. The molecule has 0 aliphatic heterocycles. The molecule has 2 bridgehead atoms. The monoisotopic (exact) mass is 496 g/mol. The van der Waals surface area contributed by atoms with Gasteiger partial charge in [-0.2, -0.15) is 0 Å². The maximum Gasteiger partial charge on any atom is 0.338 e. The zero-order valence-corrected chi connectivity index (χ0v) is 20.7. The van der Waals surface area contributed by atoms with Gasteiger partial charge in [0.1, 0.15) is 0 Å². The summed E-state index contributed by atoms with van der Waals surface area (Å²) in [6, 6.07) is 14.4. The molecule has 4 rings (SSSR count). The van der Waals surface area contributed by atoms with E-state index in [4.69, 9.17) is 4.74 Å². The third-order valence-electron chi connectivity index (χ3n) is 7.15. The van der Waals surface area contributed by atoms with Crippen molar-refractivity contribution in [2.45, 2.75) is 43.5 Å². The number of ether oxygens (including phenoxy) is 1. The molecule has 4 atom stereocenters. The van der Waals surface area contributed by atoms with Crippen LogP contribution < -0.4 is 9.62 Å². The van der Waals surface area contributed by atoms with Gasteiger partial charge in [0, 0.05) is 6.04 Å². The molecule has 0 unspecified atom stereocenters. The number of sulfonamides is 1. The van der Waals surface area contributed by atoms with E-state index < -0.39 is 22.6 Å². The number of hydrogen-bond donors (Lipinski definition) is 1. The van der Waals surface area contributed by atoms with Crippen molar-refractivity contribution in [2.24, 2.45) is 17.8 Å². The number of fused-ring (bicyclic) bond motifs is 2. The van der Waals surface area contributed by atoms with Crippen LogP contribution in [0.25, 0.3) is 0 Å². The molecule has 1 N–H and O–H groups in total. The number of carbonyl (C=O) groups excluding carboxylic acids is 2. The van der Waals surface area contributed by atoms with Gasteiger partial charge in [-0.15, -0.1) is 6.58 Å². The van der Waals surface area contributed by atoms with E-state index >= 15 is 0 Å². The van der Waals surface area contributed by atoms with Gasteiger partial charge < -0.3 is 10.1 Å². The summed E-state index contributed by atoms with van der Waals surface area (Å²) in [6.07, 6.45) is 6.44. The van der Waals surface area contributed by atoms with E-state index in [2.05, 4.69) is 11.9 Å². The highest BCUT2D eigenvalue weighted by molar-refractivity contribution is 7.92. The Hall–Kier alpha value is -3.13. The standard InChI is InChI=1S/C27H32N2O5S/c1-3-14-29(23-9-5-4-6-10-23)35(32,33)24-11-7-8-22(17-24)27(31)34-18-26(30)28-19(2)25-16-20-12-13-21(25)15-20/h3-11,17,19-21,25H,1,12-16,18H2,2H3,(H,28,30)/t19-,20+,21+,25+/m0/s1. The molecular weight excluding hydrogens is 464 g/mol. The first-order chi connectivity index (χ1) is 16.8. The Bertz CT molecular complexity index is 1180. The summed E-state index contributed by atoms with van der Waals surface area (Å²) in [5.41, 5.74) is 0.549. The van der Waals surface area contributed by atoms with E-state index in [1.54, 1.807) is 30.3 Å². The van der Waals surface area contributed by atoms with Gasteiger partial charge >= 0.3 is 5.97 Å². The normalized spacial score (nSPS) is 21.8. The molecular formula is C27H32N2O5S. The molecule has 2 aliphatic rings. The van der Waals surface area contributed by atoms with Crippen LogP contribution in [0.3, 0.4) is 0 Å². The second-order valence-electron chi connectivity index (χ2n) is 9.46. The van der Waals surface area contributed by atoms with Crippen LogP contribution >= 0.6 is 0 Å². The molecule has 0 heterocycles. The van der Waals surface area contributed by atoms with Gasteiger partial charge in [-0.05, 0) is 74.3 Å². The number of para-hydroxylation sites is 1. The van der Waals surface area contributed by atoms with Crippen LogP contribution in [0, 0.1) is 17.8 Å². The first-order valence-corrected chi connectivity index (χ1v) is 13.5. The fourth-order valence-corrected chi connectivity index (χ4v) is 6.97. The SMILES string of the molecule is C=CCN(c1ccccc1)S(=O)(=O)c1cccc(C(=O)OCC(=O)N[C@@H](C)[C@H]2C[C@@H]3CC[C@@H]2C3)c1. The Morgan fingerprint density at radius 3 is 2.57 bits per heavy atom.